The van der Waals surface area contributed by atoms with Crippen molar-refractivity contribution in [3.8, 4) is 0 Å². The van der Waals surface area contributed by atoms with E-state index in [0.717, 1.165) is 31.5 Å². The second-order valence-electron chi connectivity index (χ2n) is 5.07. The van der Waals surface area contributed by atoms with Crippen LogP contribution in [0.2, 0.25) is 0 Å². The van der Waals surface area contributed by atoms with E-state index in [0.29, 0.717) is 6.61 Å². The zero-order valence-electron chi connectivity index (χ0n) is 10.9. The molecule has 1 rings (SSSR count). The highest BCUT2D eigenvalue weighted by Gasteiger charge is 2.24. The lowest BCUT2D eigenvalue weighted by Crippen LogP contribution is -2.36. The predicted molar refractivity (Wildman–Crippen MR) is 68.6 cm³/mol. The summed E-state index contributed by atoms with van der Waals surface area (Å²) >= 11 is 0. The molecule has 0 aliphatic carbocycles. The third-order valence-electron chi connectivity index (χ3n) is 3.48. The third kappa shape index (κ3) is 4.81. The maximum Gasteiger partial charge on any atom is 0.0431 e. The Kier molecular flexibility index (Phi) is 7.01. The Bertz CT molecular complexity index is 175. The van der Waals surface area contributed by atoms with Crippen LogP contribution in [0.4, 0.5) is 0 Å². The molecule has 0 spiro atoms. The summed E-state index contributed by atoms with van der Waals surface area (Å²) in [7, 11) is 0. The smallest absolute Gasteiger partial charge is 0.0431 e. The number of rotatable bonds is 8. The lowest BCUT2D eigenvalue weighted by atomic mass is 10.1. The third-order valence-corrected chi connectivity index (χ3v) is 3.48. The molecule has 0 aromatic carbocycles. The lowest BCUT2D eigenvalue weighted by Gasteiger charge is -2.27. The number of nitrogens with zero attached hydrogens (tertiary/aromatic N) is 1. The molecule has 3 heteroatoms. The van der Waals surface area contributed by atoms with Gasteiger partial charge in [-0.05, 0) is 51.2 Å². The summed E-state index contributed by atoms with van der Waals surface area (Å²) < 4.78 is 0. The van der Waals surface area contributed by atoms with Crippen LogP contribution in [-0.2, 0) is 0 Å². The zero-order valence-corrected chi connectivity index (χ0v) is 10.9. The van der Waals surface area contributed by atoms with Crippen molar-refractivity contribution in [3.63, 3.8) is 0 Å². The van der Waals surface area contributed by atoms with Crippen molar-refractivity contribution in [3.05, 3.63) is 0 Å². The summed E-state index contributed by atoms with van der Waals surface area (Å²) in [5, 5.41) is 12.3. The molecule has 0 bridgehead atoms. The summed E-state index contributed by atoms with van der Waals surface area (Å²) in [5.74, 6) is 0.731. The fourth-order valence-corrected chi connectivity index (χ4v) is 2.64. The highest BCUT2D eigenvalue weighted by Crippen LogP contribution is 2.22. The van der Waals surface area contributed by atoms with Crippen LogP contribution in [0.1, 0.15) is 39.5 Å². The Morgan fingerprint density at radius 3 is 3.00 bits per heavy atom. The summed E-state index contributed by atoms with van der Waals surface area (Å²) in [6.07, 6.45) is 4.80. The largest absolute Gasteiger partial charge is 0.396 e. The van der Waals surface area contributed by atoms with Crippen molar-refractivity contribution in [2.24, 2.45) is 5.92 Å². The summed E-state index contributed by atoms with van der Waals surface area (Å²) in [6, 6.07) is 0.733. The van der Waals surface area contributed by atoms with Crippen molar-refractivity contribution in [1.82, 2.24) is 10.2 Å². The molecule has 2 N–H and O–H groups in total. The van der Waals surface area contributed by atoms with E-state index in [2.05, 4.69) is 24.1 Å². The van der Waals surface area contributed by atoms with Gasteiger partial charge < -0.3 is 15.3 Å². The Morgan fingerprint density at radius 1 is 1.50 bits per heavy atom. The number of nitrogens with one attached hydrogen (secondary N) is 1. The SMILES string of the molecule is CCNCC(C)CN1CCCC1CCCO. The molecular weight excluding hydrogens is 200 g/mol. The van der Waals surface area contributed by atoms with E-state index in [9.17, 15) is 0 Å². The monoisotopic (exact) mass is 228 g/mol. The molecule has 1 fully saturated rings. The van der Waals surface area contributed by atoms with Gasteiger partial charge in [0.05, 0.1) is 0 Å². The molecule has 2 unspecified atom stereocenters. The topological polar surface area (TPSA) is 35.5 Å². The summed E-state index contributed by atoms with van der Waals surface area (Å²) in [5.41, 5.74) is 0. The quantitative estimate of drug-likeness (QED) is 0.660. The molecule has 0 radical (unpaired) electrons. The van der Waals surface area contributed by atoms with Gasteiger partial charge >= 0.3 is 0 Å². The van der Waals surface area contributed by atoms with E-state index in [1.165, 1.54) is 32.4 Å². The minimum Gasteiger partial charge on any atom is -0.396 e. The average molecular weight is 228 g/mol. The Morgan fingerprint density at radius 2 is 2.31 bits per heavy atom. The molecule has 2 atom stereocenters. The molecule has 0 aromatic rings. The molecule has 96 valence electrons. The number of aliphatic hydroxyl groups is 1. The molecule has 3 nitrogen and oxygen atoms in total. The van der Waals surface area contributed by atoms with Crippen LogP contribution >= 0.6 is 0 Å². The average Bonchev–Trinajstić information content (AvgIpc) is 2.71. The highest BCUT2D eigenvalue weighted by molar-refractivity contribution is 4.80. The molecule has 16 heavy (non-hydrogen) atoms. The van der Waals surface area contributed by atoms with E-state index in [4.69, 9.17) is 5.11 Å². The van der Waals surface area contributed by atoms with Gasteiger partial charge in [0.15, 0.2) is 0 Å². The maximum absolute atomic E-state index is 8.88. The Hall–Kier alpha value is -0.120. The van der Waals surface area contributed by atoms with Crippen LogP contribution in [0.25, 0.3) is 0 Å². The molecule has 1 heterocycles. The van der Waals surface area contributed by atoms with Crippen molar-refractivity contribution < 1.29 is 5.11 Å². The minimum absolute atomic E-state index is 0.345. The number of hydrogen-bond donors (Lipinski definition) is 2. The zero-order chi connectivity index (χ0) is 11.8. The first-order valence-corrected chi connectivity index (χ1v) is 6.83. The van der Waals surface area contributed by atoms with Gasteiger partial charge in [0.2, 0.25) is 0 Å². The van der Waals surface area contributed by atoms with Gasteiger partial charge in [-0.3, -0.25) is 0 Å². The van der Waals surface area contributed by atoms with E-state index in [1.807, 2.05) is 0 Å². The second kappa shape index (κ2) is 8.04. The van der Waals surface area contributed by atoms with E-state index in [1.54, 1.807) is 0 Å². The standard InChI is InChI=1S/C13H28N2O/c1-3-14-10-12(2)11-15-8-4-6-13(15)7-5-9-16/h12-14,16H,3-11H2,1-2H3. The molecular formula is C13H28N2O. The van der Waals surface area contributed by atoms with Crippen LogP contribution in [0.15, 0.2) is 0 Å². The van der Waals surface area contributed by atoms with Crippen molar-refractivity contribution in [2.75, 3.05) is 32.8 Å². The predicted octanol–water partition coefficient (Wildman–Crippen LogP) is 1.47. The van der Waals surface area contributed by atoms with E-state index >= 15 is 0 Å². The number of hydrogen-bond acceptors (Lipinski definition) is 3. The van der Waals surface area contributed by atoms with Crippen LogP contribution < -0.4 is 5.32 Å². The van der Waals surface area contributed by atoms with Crippen molar-refractivity contribution in [2.45, 2.75) is 45.6 Å². The van der Waals surface area contributed by atoms with Crippen LogP contribution in [-0.4, -0.2) is 48.8 Å². The molecule has 0 aromatic heterocycles. The van der Waals surface area contributed by atoms with Gasteiger partial charge in [-0.2, -0.15) is 0 Å². The van der Waals surface area contributed by atoms with E-state index < -0.39 is 0 Å². The number of aliphatic hydroxyl groups excluding tert-OH is 1. The van der Waals surface area contributed by atoms with Gasteiger partial charge in [0.1, 0.15) is 0 Å². The van der Waals surface area contributed by atoms with Gasteiger partial charge in [-0.1, -0.05) is 13.8 Å². The van der Waals surface area contributed by atoms with Gasteiger partial charge in [-0.25, -0.2) is 0 Å². The van der Waals surface area contributed by atoms with Gasteiger partial charge in [0.25, 0.3) is 0 Å². The maximum atomic E-state index is 8.88. The molecule has 0 saturated carbocycles. The first kappa shape index (κ1) is 13.9. The van der Waals surface area contributed by atoms with Crippen molar-refractivity contribution in [1.29, 1.82) is 0 Å². The van der Waals surface area contributed by atoms with E-state index in [-0.39, 0.29) is 0 Å². The van der Waals surface area contributed by atoms with Crippen LogP contribution in [0.5, 0.6) is 0 Å². The van der Waals surface area contributed by atoms with Crippen LogP contribution in [0.3, 0.4) is 0 Å². The van der Waals surface area contributed by atoms with Gasteiger partial charge in [-0.15, -0.1) is 0 Å². The number of likely N-dealkylation sites (tertiary alicyclic amines) is 1. The first-order chi connectivity index (χ1) is 7.77. The summed E-state index contributed by atoms with van der Waals surface area (Å²) in [4.78, 5) is 2.62. The second-order valence-corrected chi connectivity index (χ2v) is 5.07. The first-order valence-electron chi connectivity index (χ1n) is 6.83. The fourth-order valence-electron chi connectivity index (χ4n) is 2.64. The Labute approximate surface area is 100 Å². The van der Waals surface area contributed by atoms with Crippen molar-refractivity contribution >= 4 is 0 Å². The molecule has 0 amide bonds. The lowest BCUT2D eigenvalue weighted by molar-refractivity contribution is 0.193. The Balaban J connectivity index is 2.22. The minimum atomic E-state index is 0.345. The summed E-state index contributed by atoms with van der Waals surface area (Å²) in [6.45, 7) is 9.49. The van der Waals surface area contributed by atoms with Crippen LogP contribution in [0, 0.1) is 5.92 Å². The molecule has 1 aliphatic rings. The molecule has 1 aliphatic heterocycles. The fraction of sp³-hybridized carbons (Fsp3) is 1.00. The molecule has 1 saturated heterocycles. The highest BCUT2D eigenvalue weighted by atomic mass is 16.2. The normalized spacial score (nSPS) is 23.8. The van der Waals surface area contributed by atoms with Gasteiger partial charge in [0, 0.05) is 19.2 Å².